The second-order valence-electron chi connectivity index (χ2n) is 3.53. The molecule has 0 aliphatic carbocycles. The number of halogens is 1. The van der Waals surface area contributed by atoms with Gasteiger partial charge in [0.05, 0.1) is 16.8 Å². The molecule has 0 saturated carbocycles. The Morgan fingerprint density at radius 2 is 2.06 bits per heavy atom. The molecule has 18 heavy (non-hydrogen) atoms. The quantitative estimate of drug-likeness (QED) is 0.846. The summed E-state index contributed by atoms with van der Waals surface area (Å²) < 4.78 is 27.2. The second-order valence-corrected chi connectivity index (χ2v) is 6.07. The Labute approximate surface area is 113 Å². The molecule has 1 heterocycles. The number of rotatable bonds is 3. The third kappa shape index (κ3) is 2.80. The fourth-order valence-corrected chi connectivity index (χ4v) is 2.65. The van der Waals surface area contributed by atoms with Crippen molar-refractivity contribution in [3.63, 3.8) is 0 Å². The Hall–Kier alpha value is -1.60. The van der Waals surface area contributed by atoms with Crippen LogP contribution in [-0.2, 0) is 10.0 Å². The number of hydrogen-bond acceptors (Lipinski definition) is 4. The van der Waals surface area contributed by atoms with Crippen LogP contribution in [0.25, 0.3) is 0 Å². The molecular formula is C11H10BrN3O2S. The number of nitrogen functional groups attached to an aromatic ring is 1. The Bertz CT molecular complexity index is 659. The van der Waals surface area contributed by atoms with Crippen LogP contribution >= 0.6 is 15.9 Å². The molecule has 0 saturated heterocycles. The van der Waals surface area contributed by atoms with Crippen LogP contribution in [0.2, 0.25) is 0 Å². The van der Waals surface area contributed by atoms with Gasteiger partial charge in [-0.2, -0.15) is 0 Å². The van der Waals surface area contributed by atoms with Gasteiger partial charge in [-0.05, 0) is 46.3 Å². The highest BCUT2D eigenvalue weighted by Gasteiger charge is 2.15. The average molecular weight is 328 g/mol. The van der Waals surface area contributed by atoms with Gasteiger partial charge < -0.3 is 5.73 Å². The maximum atomic E-state index is 12.1. The zero-order valence-corrected chi connectivity index (χ0v) is 11.6. The molecule has 5 nitrogen and oxygen atoms in total. The van der Waals surface area contributed by atoms with Crippen LogP contribution < -0.4 is 10.5 Å². The van der Waals surface area contributed by atoms with Crippen molar-refractivity contribution in [1.29, 1.82) is 0 Å². The SMILES string of the molecule is Nc1cc(S(=O)(=O)Nc2cccnc2)ccc1Br. The van der Waals surface area contributed by atoms with Crippen molar-refractivity contribution in [3.05, 3.63) is 47.2 Å². The highest BCUT2D eigenvalue weighted by molar-refractivity contribution is 9.10. The summed E-state index contributed by atoms with van der Waals surface area (Å²) in [6, 6.07) is 7.72. The maximum Gasteiger partial charge on any atom is 0.262 e. The van der Waals surface area contributed by atoms with Crippen LogP contribution in [-0.4, -0.2) is 13.4 Å². The van der Waals surface area contributed by atoms with Crippen molar-refractivity contribution in [2.75, 3.05) is 10.5 Å². The van der Waals surface area contributed by atoms with Crippen molar-refractivity contribution < 1.29 is 8.42 Å². The minimum Gasteiger partial charge on any atom is -0.398 e. The number of pyridine rings is 1. The number of nitrogens with one attached hydrogen (secondary N) is 1. The molecule has 3 N–H and O–H groups in total. The molecule has 7 heteroatoms. The lowest BCUT2D eigenvalue weighted by molar-refractivity contribution is 0.601. The van der Waals surface area contributed by atoms with E-state index >= 15 is 0 Å². The summed E-state index contributed by atoms with van der Waals surface area (Å²) in [5.74, 6) is 0. The first-order valence-electron chi connectivity index (χ1n) is 4.97. The van der Waals surface area contributed by atoms with Gasteiger partial charge in [-0.15, -0.1) is 0 Å². The molecule has 0 aliphatic rings. The summed E-state index contributed by atoms with van der Waals surface area (Å²) >= 11 is 3.21. The van der Waals surface area contributed by atoms with E-state index in [0.717, 1.165) is 0 Å². The lowest BCUT2D eigenvalue weighted by atomic mass is 10.3. The van der Waals surface area contributed by atoms with Crippen LogP contribution in [0.1, 0.15) is 0 Å². The van der Waals surface area contributed by atoms with Gasteiger partial charge >= 0.3 is 0 Å². The summed E-state index contributed by atoms with van der Waals surface area (Å²) in [7, 11) is -3.64. The summed E-state index contributed by atoms with van der Waals surface area (Å²) in [4.78, 5) is 3.94. The fourth-order valence-electron chi connectivity index (χ4n) is 1.33. The van der Waals surface area contributed by atoms with E-state index in [1.807, 2.05) is 0 Å². The molecular weight excluding hydrogens is 318 g/mol. The summed E-state index contributed by atoms with van der Waals surface area (Å²) in [6.45, 7) is 0. The number of anilines is 2. The van der Waals surface area contributed by atoms with Crippen LogP contribution in [0.5, 0.6) is 0 Å². The van der Waals surface area contributed by atoms with E-state index in [-0.39, 0.29) is 4.90 Å². The number of benzene rings is 1. The zero-order valence-electron chi connectivity index (χ0n) is 9.17. The van der Waals surface area contributed by atoms with E-state index in [1.165, 1.54) is 18.3 Å². The molecule has 2 rings (SSSR count). The number of hydrogen-bond donors (Lipinski definition) is 2. The van der Waals surface area contributed by atoms with Crippen LogP contribution in [0.3, 0.4) is 0 Å². The topological polar surface area (TPSA) is 85.1 Å². The minimum absolute atomic E-state index is 0.104. The van der Waals surface area contributed by atoms with Crippen molar-refractivity contribution in [2.24, 2.45) is 0 Å². The van der Waals surface area contributed by atoms with E-state index in [0.29, 0.717) is 15.8 Å². The first-order chi connectivity index (χ1) is 8.49. The number of nitrogens with zero attached hydrogens (tertiary/aromatic N) is 1. The lowest BCUT2D eigenvalue weighted by Crippen LogP contribution is -2.13. The van der Waals surface area contributed by atoms with Gasteiger partial charge in [0.15, 0.2) is 0 Å². The predicted octanol–water partition coefficient (Wildman–Crippen LogP) is 2.23. The Morgan fingerprint density at radius 3 is 2.67 bits per heavy atom. The van der Waals surface area contributed by atoms with Gasteiger partial charge in [-0.3, -0.25) is 9.71 Å². The Kier molecular flexibility index (Phi) is 3.53. The third-order valence-corrected chi connectivity index (χ3v) is 4.29. The molecule has 0 fully saturated rings. The third-order valence-electron chi connectivity index (χ3n) is 2.19. The Balaban J connectivity index is 2.34. The van der Waals surface area contributed by atoms with Gasteiger partial charge in [0.25, 0.3) is 10.0 Å². The van der Waals surface area contributed by atoms with E-state index in [9.17, 15) is 8.42 Å². The number of aromatic nitrogens is 1. The molecule has 2 aromatic rings. The van der Waals surface area contributed by atoms with E-state index in [1.54, 1.807) is 24.4 Å². The summed E-state index contributed by atoms with van der Waals surface area (Å²) in [6.07, 6.45) is 3.00. The largest absolute Gasteiger partial charge is 0.398 e. The standard InChI is InChI=1S/C11H10BrN3O2S/c12-10-4-3-9(6-11(10)13)18(16,17)15-8-2-1-5-14-7-8/h1-7,15H,13H2. The molecule has 0 bridgehead atoms. The number of nitrogens with two attached hydrogens (primary N) is 1. The van der Waals surface area contributed by atoms with Crippen LogP contribution in [0, 0.1) is 0 Å². The molecule has 1 aromatic heterocycles. The summed E-state index contributed by atoms with van der Waals surface area (Å²) in [5, 5.41) is 0. The smallest absolute Gasteiger partial charge is 0.262 e. The molecule has 0 radical (unpaired) electrons. The van der Waals surface area contributed by atoms with Gasteiger partial charge in [-0.1, -0.05) is 0 Å². The van der Waals surface area contributed by atoms with Crippen LogP contribution in [0.15, 0.2) is 52.1 Å². The molecule has 94 valence electrons. The first-order valence-corrected chi connectivity index (χ1v) is 7.24. The minimum atomic E-state index is -3.64. The monoisotopic (exact) mass is 327 g/mol. The normalized spacial score (nSPS) is 11.2. The van der Waals surface area contributed by atoms with Gasteiger partial charge in [0.2, 0.25) is 0 Å². The average Bonchev–Trinajstić information content (AvgIpc) is 2.33. The molecule has 0 aliphatic heterocycles. The van der Waals surface area contributed by atoms with Crippen molar-refractivity contribution in [3.8, 4) is 0 Å². The lowest BCUT2D eigenvalue weighted by Gasteiger charge is -2.08. The zero-order chi connectivity index (χ0) is 13.2. The van der Waals surface area contributed by atoms with E-state index in [4.69, 9.17) is 5.73 Å². The van der Waals surface area contributed by atoms with Crippen LogP contribution in [0.4, 0.5) is 11.4 Å². The van der Waals surface area contributed by atoms with Gasteiger partial charge in [0.1, 0.15) is 0 Å². The molecule has 1 aromatic carbocycles. The first kappa shape index (κ1) is 12.8. The molecule has 0 unspecified atom stereocenters. The fraction of sp³-hybridized carbons (Fsp3) is 0. The molecule has 0 atom stereocenters. The van der Waals surface area contributed by atoms with E-state index in [2.05, 4.69) is 25.6 Å². The second kappa shape index (κ2) is 4.95. The molecule has 0 spiro atoms. The Morgan fingerprint density at radius 1 is 1.28 bits per heavy atom. The molecule has 0 amide bonds. The van der Waals surface area contributed by atoms with E-state index < -0.39 is 10.0 Å². The van der Waals surface area contributed by atoms with Gasteiger partial charge in [0, 0.05) is 16.4 Å². The van der Waals surface area contributed by atoms with Crippen molar-refractivity contribution >= 4 is 37.3 Å². The maximum absolute atomic E-state index is 12.1. The summed E-state index contributed by atoms with van der Waals surface area (Å²) in [5.41, 5.74) is 6.43. The predicted molar refractivity (Wildman–Crippen MR) is 73.6 cm³/mol. The van der Waals surface area contributed by atoms with Gasteiger partial charge in [-0.25, -0.2) is 8.42 Å². The highest BCUT2D eigenvalue weighted by atomic mass is 79.9. The number of sulfonamides is 1. The van der Waals surface area contributed by atoms with Crippen molar-refractivity contribution in [1.82, 2.24) is 4.98 Å². The van der Waals surface area contributed by atoms with Crippen molar-refractivity contribution in [2.45, 2.75) is 4.90 Å². The highest BCUT2D eigenvalue weighted by Crippen LogP contribution is 2.24.